The number of nitrogens with two attached hydrogens (primary N) is 1. The average molecular weight is 296 g/mol. The van der Waals surface area contributed by atoms with E-state index in [4.69, 9.17) is 10.6 Å². The van der Waals surface area contributed by atoms with Gasteiger partial charge in [-0.2, -0.15) is 15.0 Å². The standard InChI is InChI=1S/C14H28N6O/c1-5-7-8-11(6-2)9-16-12-17-13(20-15)19-14(18-12)21-10(3)4/h10-11H,5-9,15H2,1-4H3,(H2,16,17,18,19,20). The van der Waals surface area contributed by atoms with Crippen LogP contribution in [0.3, 0.4) is 0 Å². The third kappa shape index (κ3) is 6.57. The molecule has 1 atom stereocenters. The number of nitrogen functional groups attached to an aromatic ring is 1. The number of unbranched alkanes of at least 4 members (excludes halogenated alkanes) is 1. The van der Waals surface area contributed by atoms with Crippen molar-refractivity contribution in [2.45, 2.75) is 59.5 Å². The molecule has 0 radical (unpaired) electrons. The maximum atomic E-state index is 5.50. The van der Waals surface area contributed by atoms with E-state index in [1.165, 1.54) is 19.3 Å². The first-order valence-electron chi connectivity index (χ1n) is 7.72. The highest BCUT2D eigenvalue weighted by Gasteiger charge is 2.10. The van der Waals surface area contributed by atoms with Crippen molar-refractivity contribution in [3.8, 4) is 6.01 Å². The lowest BCUT2D eigenvalue weighted by Crippen LogP contribution is -2.19. The molecule has 0 fully saturated rings. The zero-order valence-corrected chi connectivity index (χ0v) is 13.5. The van der Waals surface area contributed by atoms with Gasteiger partial charge in [0.1, 0.15) is 0 Å². The van der Waals surface area contributed by atoms with Crippen LogP contribution in [0.25, 0.3) is 0 Å². The van der Waals surface area contributed by atoms with Gasteiger partial charge in [0, 0.05) is 6.54 Å². The third-order valence-electron chi connectivity index (χ3n) is 3.18. The Morgan fingerprint density at radius 3 is 2.43 bits per heavy atom. The molecule has 120 valence electrons. The Hall–Kier alpha value is -1.63. The molecule has 0 saturated carbocycles. The second-order valence-corrected chi connectivity index (χ2v) is 5.37. The van der Waals surface area contributed by atoms with Crippen LogP contribution >= 0.6 is 0 Å². The van der Waals surface area contributed by atoms with Crippen LogP contribution in [-0.4, -0.2) is 27.6 Å². The zero-order chi connectivity index (χ0) is 15.7. The lowest BCUT2D eigenvalue weighted by molar-refractivity contribution is 0.222. The predicted octanol–water partition coefficient (Wildman–Crippen LogP) is 2.57. The van der Waals surface area contributed by atoms with Crippen molar-refractivity contribution in [1.29, 1.82) is 0 Å². The fraction of sp³-hybridized carbons (Fsp3) is 0.786. The minimum absolute atomic E-state index is 0.00109. The summed E-state index contributed by atoms with van der Waals surface area (Å²) in [5.74, 6) is 6.78. The summed E-state index contributed by atoms with van der Waals surface area (Å²) < 4.78 is 5.50. The molecule has 1 aromatic heterocycles. The normalized spacial score (nSPS) is 12.3. The smallest absolute Gasteiger partial charge is 0.323 e. The van der Waals surface area contributed by atoms with Gasteiger partial charge in [0.05, 0.1) is 6.10 Å². The molecule has 4 N–H and O–H groups in total. The van der Waals surface area contributed by atoms with E-state index in [0.29, 0.717) is 17.8 Å². The molecule has 1 rings (SSSR count). The molecule has 0 aliphatic heterocycles. The van der Waals surface area contributed by atoms with E-state index in [2.05, 4.69) is 39.5 Å². The molecule has 7 nitrogen and oxygen atoms in total. The molecule has 0 saturated heterocycles. The van der Waals surface area contributed by atoms with Gasteiger partial charge in [-0.05, 0) is 26.2 Å². The number of nitrogens with zero attached hydrogens (tertiary/aromatic N) is 3. The van der Waals surface area contributed by atoms with Crippen LogP contribution < -0.4 is 21.3 Å². The second-order valence-electron chi connectivity index (χ2n) is 5.37. The number of ether oxygens (including phenoxy) is 1. The quantitative estimate of drug-likeness (QED) is 0.451. The third-order valence-corrected chi connectivity index (χ3v) is 3.18. The Bertz CT molecular complexity index is 412. The van der Waals surface area contributed by atoms with Crippen LogP contribution in [0.4, 0.5) is 11.9 Å². The Balaban J connectivity index is 2.68. The van der Waals surface area contributed by atoms with Crippen LogP contribution in [0.1, 0.15) is 53.4 Å². The molecule has 0 spiro atoms. The number of rotatable bonds is 10. The summed E-state index contributed by atoms with van der Waals surface area (Å²) in [6, 6.07) is 0.275. The fourth-order valence-electron chi connectivity index (χ4n) is 1.94. The molecule has 0 aromatic carbocycles. The molecule has 0 amide bonds. The monoisotopic (exact) mass is 296 g/mol. The number of anilines is 2. The van der Waals surface area contributed by atoms with Crippen molar-refractivity contribution in [3.63, 3.8) is 0 Å². The molecule has 0 aliphatic rings. The van der Waals surface area contributed by atoms with Crippen molar-refractivity contribution < 1.29 is 4.74 Å². The first kappa shape index (κ1) is 17.4. The van der Waals surface area contributed by atoms with Gasteiger partial charge in [-0.1, -0.05) is 33.1 Å². The van der Waals surface area contributed by atoms with E-state index < -0.39 is 0 Å². The van der Waals surface area contributed by atoms with E-state index in [1.54, 1.807) is 0 Å². The first-order chi connectivity index (χ1) is 10.1. The summed E-state index contributed by atoms with van der Waals surface area (Å²) in [5, 5.41) is 3.26. The van der Waals surface area contributed by atoms with Crippen molar-refractivity contribution in [1.82, 2.24) is 15.0 Å². The van der Waals surface area contributed by atoms with E-state index in [9.17, 15) is 0 Å². The lowest BCUT2D eigenvalue weighted by atomic mass is 9.99. The largest absolute Gasteiger partial charge is 0.461 e. The van der Waals surface area contributed by atoms with Gasteiger partial charge in [0.2, 0.25) is 11.9 Å². The minimum atomic E-state index is -0.00109. The number of hydrazine groups is 1. The molecule has 1 aromatic rings. The lowest BCUT2D eigenvalue weighted by Gasteiger charge is -2.16. The van der Waals surface area contributed by atoms with E-state index >= 15 is 0 Å². The second kappa shape index (κ2) is 9.33. The van der Waals surface area contributed by atoms with Crippen LogP contribution in [0.2, 0.25) is 0 Å². The van der Waals surface area contributed by atoms with E-state index in [-0.39, 0.29) is 12.1 Å². The molecule has 1 unspecified atom stereocenters. The van der Waals surface area contributed by atoms with Gasteiger partial charge in [-0.3, -0.25) is 5.43 Å². The minimum Gasteiger partial charge on any atom is -0.461 e. The van der Waals surface area contributed by atoms with Gasteiger partial charge in [-0.15, -0.1) is 0 Å². The van der Waals surface area contributed by atoms with E-state index in [0.717, 1.165) is 13.0 Å². The summed E-state index contributed by atoms with van der Waals surface area (Å²) in [6.45, 7) is 9.09. The van der Waals surface area contributed by atoms with Crippen molar-refractivity contribution >= 4 is 11.9 Å². The molecular weight excluding hydrogens is 268 g/mol. The number of nitrogens with one attached hydrogen (secondary N) is 2. The molecule has 1 heterocycles. The highest BCUT2D eigenvalue weighted by atomic mass is 16.5. The predicted molar refractivity (Wildman–Crippen MR) is 85.2 cm³/mol. The molecule has 0 bridgehead atoms. The van der Waals surface area contributed by atoms with Gasteiger partial charge in [0.25, 0.3) is 0 Å². The SMILES string of the molecule is CCCCC(CC)CNc1nc(NN)nc(OC(C)C)n1. The summed E-state index contributed by atoms with van der Waals surface area (Å²) >= 11 is 0. The summed E-state index contributed by atoms with van der Waals surface area (Å²) in [4.78, 5) is 12.5. The topological polar surface area (TPSA) is 98.0 Å². The zero-order valence-electron chi connectivity index (χ0n) is 13.5. The Labute approximate surface area is 127 Å². The highest BCUT2D eigenvalue weighted by molar-refractivity contribution is 5.34. The van der Waals surface area contributed by atoms with Gasteiger partial charge < -0.3 is 10.1 Å². The first-order valence-corrected chi connectivity index (χ1v) is 7.72. The van der Waals surface area contributed by atoms with E-state index in [1.807, 2.05) is 13.8 Å². The summed E-state index contributed by atoms with van der Waals surface area (Å²) in [6.07, 6.45) is 4.81. The molecule has 7 heteroatoms. The number of hydrogen-bond donors (Lipinski definition) is 3. The van der Waals surface area contributed by atoms with Gasteiger partial charge in [-0.25, -0.2) is 5.84 Å². The van der Waals surface area contributed by atoms with Gasteiger partial charge >= 0.3 is 6.01 Å². The Kier molecular flexibility index (Phi) is 7.74. The Morgan fingerprint density at radius 2 is 1.86 bits per heavy atom. The van der Waals surface area contributed by atoms with Crippen LogP contribution in [0.15, 0.2) is 0 Å². The van der Waals surface area contributed by atoms with Crippen molar-refractivity contribution in [3.05, 3.63) is 0 Å². The Morgan fingerprint density at radius 1 is 1.14 bits per heavy atom. The average Bonchev–Trinajstić information content (AvgIpc) is 2.46. The van der Waals surface area contributed by atoms with Crippen LogP contribution in [0.5, 0.6) is 6.01 Å². The van der Waals surface area contributed by atoms with Crippen LogP contribution in [-0.2, 0) is 0 Å². The highest BCUT2D eigenvalue weighted by Crippen LogP contribution is 2.15. The number of hydrogen-bond acceptors (Lipinski definition) is 7. The van der Waals surface area contributed by atoms with Crippen molar-refractivity contribution in [2.75, 3.05) is 17.3 Å². The summed E-state index contributed by atoms with van der Waals surface area (Å²) in [7, 11) is 0. The fourth-order valence-corrected chi connectivity index (χ4v) is 1.94. The molecule has 21 heavy (non-hydrogen) atoms. The van der Waals surface area contributed by atoms with Crippen molar-refractivity contribution in [2.24, 2.45) is 11.8 Å². The summed E-state index contributed by atoms with van der Waals surface area (Å²) in [5.41, 5.74) is 2.43. The maximum Gasteiger partial charge on any atom is 0.323 e. The maximum absolute atomic E-state index is 5.50. The molecule has 0 aliphatic carbocycles. The molecular formula is C14H28N6O. The van der Waals surface area contributed by atoms with Gasteiger partial charge in [0.15, 0.2) is 0 Å². The van der Waals surface area contributed by atoms with Crippen LogP contribution in [0, 0.1) is 5.92 Å². The number of aromatic nitrogens is 3.